The van der Waals surface area contributed by atoms with E-state index in [9.17, 15) is 4.79 Å². The number of esters is 1. The Morgan fingerprint density at radius 1 is 1.56 bits per heavy atom. The van der Waals surface area contributed by atoms with E-state index < -0.39 is 5.97 Å². The first-order valence-corrected chi connectivity index (χ1v) is 4.61. The van der Waals surface area contributed by atoms with Crippen LogP contribution in [0.3, 0.4) is 0 Å². The standard InChI is InChI=1S/C10H12N2O4/c1-3-16-10(13)9(12-14)7-4-8(15-2)6-11-5-7/h4-6,14H,3H2,1-2H3. The van der Waals surface area contributed by atoms with Gasteiger partial charge in [0.1, 0.15) is 5.75 Å². The van der Waals surface area contributed by atoms with Gasteiger partial charge in [-0.2, -0.15) is 0 Å². The van der Waals surface area contributed by atoms with Crippen molar-refractivity contribution in [2.45, 2.75) is 6.92 Å². The topological polar surface area (TPSA) is 81.0 Å². The number of carbonyl (C=O) groups is 1. The molecular weight excluding hydrogens is 212 g/mol. The van der Waals surface area contributed by atoms with Crippen LogP contribution in [0.5, 0.6) is 5.75 Å². The van der Waals surface area contributed by atoms with Crippen molar-refractivity contribution >= 4 is 11.7 Å². The van der Waals surface area contributed by atoms with Crippen molar-refractivity contribution < 1.29 is 19.5 Å². The smallest absolute Gasteiger partial charge is 0.361 e. The molecular formula is C10H12N2O4. The number of aromatic nitrogens is 1. The summed E-state index contributed by atoms with van der Waals surface area (Å²) in [6.07, 6.45) is 2.86. The molecule has 0 saturated carbocycles. The number of hydrogen-bond acceptors (Lipinski definition) is 6. The van der Waals surface area contributed by atoms with Gasteiger partial charge in [0.15, 0.2) is 5.71 Å². The van der Waals surface area contributed by atoms with Crippen molar-refractivity contribution in [2.75, 3.05) is 13.7 Å². The second-order valence-corrected chi connectivity index (χ2v) is 2.78. The fraction of sp³-hybridized carbons (Fsp3) is 0.300. The molecule has 1 aromatic heterocycles. The van der Waals surface area contributed by atoms with Crippen LogP contribution in [0.4, 0.5) is 0 Å². The molecule has 1 N–H and O–H groups in total. The summed E-state index contributed by atoms with van der Waals surface area (Å²) in [5.41, 5.74) is 0.133. The Hall–Kier alpha value is -2.11. The van der Waals surface area contributed by atoms with Crippen LogP contribution in [0.2, 0.25) is 0 Å². The molecule has 0 aliphatic heterocycles. The van der Waals surface area contributed by atoms with Crippen LogP contribution in [0.1, 0.15) is 12.5 Å². The Labute approximate surface area is 92.5 Å². The minimum atomic E-state index is -0.708. The van der Waals surface area contributed by atoms with E-state index in [4.69, 9.17) is 14.7 Å². The van der Waals surface area contributed by atoms with Gasteiger partial charge in [0.2, 0.25) is 0 Å². The molecule has 0 amide bonds. The normalized spacial score (nSPS) is 11.0. The third-order valence-electron chi connectivity index (χ3n) is 1.79. The molecule has 0 aliphatic carbocycles. The van der Waals surface area contributed by atoms with Crippen molar-refractivity contribution in [1.29, 1.82) is 0 Å². The molecule has 6 nitrogen and oxygen atoms in total. The highest BCUT2D eigenvalue weighted by Gasteiger charge is 2.16. The van der Waals surface area contributed by atoms with Crippen molar-refractivity contribution in [3.63, 3.8) is 0 Å². The highest BCUT2D eigenvalue weighted by molar-refractivity contribution is 6.43. The summed E-state index contributed by atoms with van der Waals surface area (Å²) >= 11 is 0. The van der Waals surface area contributed by atoms with Crippen LogP contribution < -0.4 is 4.74 Å². The zero-order chi connectivity index (χ0) is 12.0. The monoisotopic (exact) mass is 224 g/mol. The van der Waals surface area contributed by atoms with Crippen LogP contribution in [-0.4, -0.2) is 35.6 Å². The van der Waals surface area contributed by atoms with Gasteiger partial charge in [0, 0.05) is 11.8 Å². The molecule has 0 fully saturated rings. The second kappa shape index (κ2) is 5.69. The van der Waals surface area contributed by atoms with Crippen LogP contribution in [0.15, 0.2) is 23.6 Å². The van der Waals surface area contributed by atoms with E-state index >= 15 is 0 Å². The molecule has 0 aromatic carbocycles. The first-order valence-electron chi connectivity index (χ1n) is 4.61. The minimum absolute atomic E-state index is 0.201. The SMILES string of the molecule is CCOC(=O)C(=NO)c1cncc(OC)c1. The molecule has 1 heterocycles. The molecule has 0 saturated heterocycles. The van der Waals surface area contributed by atoms with Crippen molar-refractivity contribution in [3.05, 3.63) is 24.0 Å². The summed E-state index contributed by atoms with van der Waals surface area (Å²) in [6, 6.07) is 1.53. The zero-order valence-electron chi connectivity index (χ0n) is 9.01. The Morgan fingerprint density at radius 3 is 2.88 bits per heavy atom. The Balaban J connectivity index is 3.00. The number of hydrogen-bond donors (Lipinski definition) is 1. The number of methoxy groups -OCH3 is 1. The third kappa shape index (κ3) is 2.69. The van der Waals surface area contributed by atoms with E-state index in [1.165, 1.54) is 25.6 Å². The van der Waals surface area contributed by atoms with Crippen molar-refractivity contribution in [1.82, 2.24) is 4.98 Å². The maximum Gasteiger partial charge on any atom is 0.361 e. The van der Waals surface area contributed by atoms with Crippen LogP contribution in [0, 0.1) is 0 Å². The fourth-order valence-corrected chi connectivity index (χ4v) is 1.08. The maximum absolute atomic E-state index is 11.4. The maximum atomic E-state index is 11.4. The highest BCUT2D eigenvalue weighted by atomic mass is 16.5. The van der Waals surface area contributed by atoms with Gasteiger partial charge < -0.3 is 14.7 Å². The van der Waals surface area contributed by atoms with E-state index in [1.807, 2.05) is 0 Å². The molecule has 1 rings (SSSR count). The largest absolute Gasteiger partial charge is 0.495 e. The second-order valence-electron chi connectivity index (χ2n) is 2.78. The number of carbonyl (C=O) groups excluding carboxylic acids is 1. The van der Waals surface area contributed by atoms with E-state index in [0.29, 0.717) is 11.3 Å². The van der Waals surface area contributed by atoms with Gasteiger partial charge in [0.25, 0.3) is 0 Å². The predicted molar refractivity (Wildman–Crippen MR) is 55.7 cm³/mol. The van der Waals surface area contributed by atoms with Gasteiger partial charge in [-0.25, -0.2) is 4.79 Å². The Kier molecular flexibility index (Phi) is 4.26. The van der Waals surface area contributed by atoms with E-state index in [2.05, 4.69) is 10.1 Å². The van der Waals surface area contributed by atoms with E-state index in [0.717, 1.165) is 0 Å². The average molecular weight is 224 g/mol. The van der Waals surface area contributed by atoms with Gasteiger partial charge in [-0.3, -0.25) is 4.98 Å². The molecule has 86 valence electrons. The lowest BCUT2D eigenvalue weighted by Gasteiger charge is -2.05. The molecule has 0 radical (unpaired) electrons. The highest BCUT2D eigenvalue weighted by Crippen LogP contribution is 2.11. The average Bonchev–Trinajstić information content (AvgIpc) is 2.31. The lowest BCUT2D eigenvalue weighted by Crippen LogP contribution is -2.19. The Morgan fingerprint density at radius 2 is 2.31 bits per heavy atom. The minimum Gasteiger partial charge on any atom is -0.495 e. The molecule has 16 heavy (non-hydrogen) atoms. The molecule has 0 atom stereocenters. The lowest BCUT2D eigenvalue weighted by atomic mass is 10.2. The van der Waals surface area contributed by atoms with Crippen LogP contribution in [0.25, 0.3) is 0 Å². The number of rotatable bonds is 4. The first-order chi connectivity index (χ1) is 7.72. The van der Waals surface area contributed by atoms with E-state index in [-0.39, 0.29) is 12.3 Å². The molecule has 0 aliphatic rings. The third-order valence-corrected chi connectivity index (χ3v) is 1.79. The van der Waals surface area contributed by atoms with Gasteiger partial charge in [-0.05, 0) is 13.0 Å². The van der Waals surface area contributed by atoms with Crippen molar-refractivity contribution in [2.24, 2.45) is 5.16 Å². The molecule has 1 aromatic rings. The molecule has 0 bridgehead atoms. The zero-order valence-corrected chi connectivity index (χ0v) is 9.01. The Bertz CT molecular complexity index is 404. The van der Waals surface area contributed by atoms with Crippen molar-refractivity contribution in [3.8, 4) is 5.75 Å². The number of oxime groups is 1. The summed E-state index contributed by atoms with van der Waals surface area (Å²) < 4.78 is 9.66. The van der Waals surface area contributed by atoms with Gasteiger partial charge in [0.05, 0.1) is 19.9 Å². The number of nitrogens with zero attached hydrogens (tertiary/aromatic N) is 2. The van der Waals surface area contributed by atoms with Gasteiger partial charge in [-0.1, -0.05) is 5.16 Å². The van der Waals surface area contributed by atoms with E-state index in [1.54, 1.807) is 6.92 Å². The predicted octanol–water partition coefficient (Wildman–Crippen LogP) is 0.832. The number of pyridine rings is 1. The summed E-state index contributed by atoms with van der Waals surface area (Å²) in [5, 5.41) is 11.7. The summed E-state index contributed by atoms with van der Waals surface area (Å²) in [4.78, 5) is 15.2. The number of ether oxygens (including phenoxy) is 2. The summed E-state index contributed by atoms with van der Waals surface area (Å²) in [7, 11) is 1.47. The fourth-order valence-electron chi connectivity index (χ4n) is 1.08. The quantitative estimate of drug-likeness (QED) is 0.354. The van der Waals surface area contributed by atoms with Crippen LogP contribution >= 0.6 is 0 Å². The van der Waals surface area contributed by atoms with Gasteiger partial charge in [-0.15, -0.1) is 0 Å². The first kappa shape index (κ1) is 12.0. The van der Waals surface area contributed by atoms with Crippen LogP contribution in [-0.2, 0) is 9.53 Å². The lowest BCUT2D eigenvalue weighted by molar-refractivity contribution is -0.135. The van der Waals surface area contributed by atoms with Gasteiger partial charge >= 0.3 is 5.97 Å². The molecule has 0 spiro atoms. The summed E-state index contributed by atoms with van der Waals surface area (Å²) in [6.45, 7) is 1.87. The molecule has 0 unspecified atom stereocenters. The molecule has 6 heteroatoms. The summed E-state index contributed by atoms with van der Waals surface area (Å²) in [5.74, 6) is -0.247.